The maximum Gasteiger partial charge on any atom is 0.243 e. The number of anilines is 1. The lowest BCUT2D eigenvalue weighted by molar-refractivity contribution is -0.113. The Morgan fingerprint density at radius 2 is 1.91 bits per heavy atom. The highest BCUT2D eigenvalue weighted by Gasteiger charge is 2.27. The Kier molecular flexibility index (Phi) is 6.93. The van der Waals surface area contributed by atoms with E-state index in [1.807, 2.05) is 0 Å². The van der Waals surface area contributed by atoms with E-state index < -0.39 is 10.0 Å². The molecule has 1 aliphatic rings. The van der Waals surface area contributed by atoms with Gasteiger partial charge in [-0.2, -0.15) is 8.99 Å². The number of nitrogens with one attached hydrogen (secondary N) is 1. The van der Waals surface area contributed by atoms with Crippen molar-refractivity contribution in [3.05, 3.63) is 48.0 Å². The number of thioether (sulfide) groups is 1. The van der Waals surface area contributed by atoms with Crippen molar-refractivity contribution in [1.82, 2.24) is 24.5 Å². The van der Waals surface area contributed by atoms with Crippen molar-refractivity contribution in [3.63, 3.8) is 0 Å². The van der Waals surface area contributed by atoms with E-state index >= 15 is 0 Å². The minimum Gasteiger partial charge on any atom is -0.508 e. The fourth-order valence-electron chi connectivity index (χ4n) is 3.17. The molecule has 0 atom stereocenters. The summed E-state index contributed by atoms with van der Waals surface area (Å²) in [7, 11) is -3.68. The first-order valence-corrected chi connectivity index (χ1v) is 12.5. The fraction of sp³-hybridized carbons (Fsp3) is 0.300. The van der Waals surface area contributed by atoms with Gasteiger partial charge in [-0.1, -0.05) is 17.8 Å². The zero-order valence-electron chi connectivity index (χ0n) is 17.7. The van der Waals surface area contributed by atoms with Crippen molar-refractivity contribution in [1.29, 1.82) is 0 Å². The topological polar surface area (TPSA) is 140 Å². The minimum absolute atomic E-state index is 0.0122. The molecule has 0 bridgehead atoms. The zero-order chi connectivity index (χ0) is 23.4. The third-order valence-corrected chi connectivity index (χ3v) is 7.77. The number of sulfonamides is 1. The van der Waals surface area contributed by atoms with Crippen LogP contribution >= 0.6 is 11.8 Å². The summed E-state index contributed by atoms with van der Waals surface area (Å²) in [6.45, 7) is 3.10. The molecule has 0 aliphatic carbocycles. The van der Waals surface area contributed by atoms with E-state index in [0.717, 1.165) is 17.3 Å². The number of ether oxygens (including phenoxy) is 1. The van der Waals surface area contributed by atoms with Gasteiger partial charge in [-0.3, -0.25) is 4.79 Å². The maximum atomic E-state index is 12.9. The van der Waals surface area contributed by atoms with Crippen LogP contribution in [-0.4, -0.2) is 76.0 Å². The third-order valence-electron chi connectivity index (χ3n) is 4.96. The molecule has 0 spiro atoms. The normalized spacial score (nSPS) is 14.8. The number of carbonyl (C=O) groups is 1. The lowest BCUT2D eigenvalue weighted by Crippen LogP contribution is -2.40. The summed E-state index contributed by atoms with van der Waals surface area (Å²) in [5.74, 6) is -0.198. The summed E-state index contributed by atoms with van der Waals surface area (Å²) in [6, 6.07) is 11.0. The summed E-state index contributed by atoms with van der Waals surface area (Å²) in [4.78, 5) is 12.7. The second kappa shape index (κ2) is 9.87. The van der Waals surface area contributed by atoms with Gasteiger partial charge in [0.15, 0.2) is 0 Å². The van der Waals surface area contributed by atoms with Crippen molar-refractivity contribution in [2.45, 2.75) is 17.0 Å². The lowest BCUT2D eigenvalue weighted by Gasteiger charge is -2.26. The number of phenolic OH excluding ortho intramolecular Hbond substituents is 1. The zero-order valence-corrected chi connectivity index (χ0v) is 19.3. The Hall–Kier alpha value is -3.00. The first-order valence-electron chi connectivity index (χ1n) is 10.0. The number of aromatic nitrogens is 4. The van der Waals surface area contributed by atoms with Gasteiger partial charge in [0.2, 0.25) is 21.1 Å². The van der Waals surface area contributed by atoms with E-state index in [1.54, 1.807) is 25.1 Å². The molecule has 1 aliphatic heterocycles. The molecule has 2 heterocycles. The van der Waals surface area contributed by atoms with Gasteiger partial charge in [0, 0.05) is 18.8 Å². The maximum absolute atomic E-state index is 12.9. The Bertz CT molecular complexity index is 1240. The SMILES string of the molecule is Cc1ccc(S(=O)(=O)N2CCOCC2)cc1NC(=O)CSc1nnnn1-c1ccc(O)cc1. The number of nitrogens with zero attached hydrogens (tertiary/aromatic N) is 5. The van der Waals surface area contributed by atoms with Crippen molar-refractivity contribution < 1.29 is 23.1 Å². The smallest absolute Gasteiger partial charge is 0.243 e. The second-order valence-corrected chi connectivity index (χ2v) is 10.1. The van der Waals surface area contributed by atoms with E-state index in [2.05, 4.69) is 20.8 Å². The Balaban J connectivity index is 1.44. The van der Waals surface area contributed by atoms with Crippen molar-refractivity contribution >= 4 is 33.4 Å². The predicted octanol–water partition coefficient (Wildman–Crippen LogP) is 1.43. The van der Waals surface area contributed by atoms with Gasteiger partial charge in [0.05, 0.1) is 29.5 Å². The monoisotopic (exact) mass is 490 g/mol. The molecule has 13 heteroatoms. The molecule has 3 aromatic rings. The minimum atomic E-state index is -3.68. The number of aromatic hydroxyl groups is 1. The highest BCUT2D eigenvalue weighted by molar-refractivity contribution is 7.99. The first kappa shape index (κ1) is 23.2. The van der Waals surface area contributed by atoms with E-state index in [4.69, 9.17) is 4.74 Å². The van der Waals surface area contributed by atoms with Crippen molar-refractivity contribution in [3.8, 4) is 11.4 Å². The number of hydrogen-bond acceptors (Lipinski definition) is 9. The van der Waals surface area contributed by atoms with Crippen molar-refractivity contribution in [2.75, 3.05) is 37.4 Å². The standard InChI is InChI=1S/C20H22N6O5S2/c1-14-2-7-17(33(29,30)25-8-10-31-11-9-25)12-18(14)21-19(28)13-32-20-22-23-24-26(20)15-3-5-16(27)6-4-15/h2-7,12,27H,8-11,13H2,1H3,(H,21,28). The lowest BCUT2D eigenvalue weighted by atomic mass is 10.2. The predicted molar refractivity (Wildman–Crippen MR) is 121 cm³/mol. The second-order valence-electron chi connectivity index (χ2n) is 7.22. The molecular weight excluding hydrogens is 468 g/mol. The highest BCUT2D eigenvalue weighted by atomic mass is 32.2. The van der Waals surface area contributed by atoms with Crippen LogP contribution in [0.3, 0.4) is 0 Å². The fourth-order valence-corrected chi connectivity index (χ4v) is 5.30. The molecule has 4 rings (SSSR count). The number of tetrazole rings is 1. The number of amides is 1. The Morgan fingerprint density at radius 3 is 2.64 bits per heavy atom. The summed E-state index contributed by atoms with van der Waals surface area (Å²) in [6.07, 6.45) is 0. The van der Waals surface area contributed by atoms with E-state index in [0.29, 0.717) is 42.8 Å². The molecule has 1 fully saturated rings. The van der Waals surface area contributed by atoms with E-state index in [-0.39, 0.29) is 22.3 Å². The van der Waals surface area contributed by atoms with Crippen LogP contribution in [0.2, 0.25) is 0 Å². The number of morpholine rings is 1. The van der Waals surface area contributed by atoms with Crippen LogP contribution in [0, 0.1) is 6.92 Å². The molecule has 1 aromatic heterocycles. The molecule has 0 unspecified atom stereocenters. The summed E-state index contributed by atoms with van der Waals surface area (Å²) >= 11 is 1.13. The van der Waals surface area contributed by atoms with Gasteiger partial charge >= 0.3 is 0 Å². The number of benzene rings is 2. The average Bonchev–Trinajstić information content (AvgIpc) is 3.29. The molecule has 11 nitrogen and oxygen atoms in total. The van der Waals surface area contributed by atoms with Gasteiger partial charge in [0.1, 0.15) is 5.75 Å². The molecule has 2 N–H and O–H groups in total. The largest absolute Gasteiger partial charge is 0.508 e. The van der Waals surface area contributed by atoms with Crippen LogP contribution < -0.4 is 5.32 Å². The molecule has 174 valence electrons. The quantitative estimate of drug-likeness (QED) is 0.471. The molecule has 0 radical (unpaired) electrons. The number of phenols is 1. The van der Waals surface area contributed by atoms with Crippen molar-refractivity contribution in [2.24, 2.45) is 0 Å². The summed E-state index contributed by atoms with van der Waals surface area (Å²) in [5, 5.41) is 24.1. The number of carbonyl (C=O) groups excluding carboxylic acids is 1. The summed E-state index contributed by atoms with van der Waals surface area (Å²) in [5.41, 5.74) is 1.80. The highest BCUT2D eigenvalue weighted by Crippen LogP contribution is 2.25. The molecular formula is C20H22N6O5S2. The third kappa shape index (κ3) is 5.33. The number of aryl methyl sites for hydroxylation is 1. The van der Waals surface area contributed by atoms with Crippen LogP contribution in [-0.2, 0) is 19.6 Å². The van der Waals surface area contributed by atoms with Crippen LogP contribution in [0.1, 0.15) is 5.56 Å². The Labute approximate surface area is 194 Å². The molecule has 1 amide bonds. The van der Waals surface area contributed by atoms with Crippen LogP contribution in [0.4, 0.5) is 5.69 Å². The number of hydrogen-bond donors (Lipinski definition) is 2. The average molecular weight is 491 g/mol. The molecule has 2 aromatic carbocycles. The Morgan fingerprint density at radius 1 is 1.18 bits per heavy atom. The van der Waals surface area contributed by atoms with Crippen LogP contribution in [0.15, 0.2) is 52.5 Å². The molecule has 33 heavy (non-hydrogen) atoms. The molecule has 0 saturated carbocycles. The van der Waals surface area contributed by atoms with Gasteiger partial charge in [-0.05, 0) is 59.3 Å². The van der Waals surface area contributed by atoms with Crippen LogP contribution in [0.25, 0.3) is 5.69 Å². The van der Waals surface area contributed by atoms with Crippen LogP contribution in [0.5, 0.6) is 5.75 Å². The van der Waals surface area contributed by atoms with Gasteiger partial charge < -0.3 is 15.2 Å². The van der Waals surface area contributed by atoms with Gasteiger partial charge in [0.25, 0.3) is 0 Å². The first-order chi connectivity index (χ1) is 15.8. The van der Waals surface area contributed by atoms with E-state index in [9.17, 15) is 18.3 Å². The molecule has 1 saturated heterocycles. The van der Waals surface area contributed by atoms with Gasteiger partial charge in [-0.15, -0.1) is 5.10 Å². The summed E-state index contributed by atoms with van der Waals surface area (Å²) < 4.78 is 33.9. The number of rotatable bonds is 7. The van der Waals surface area contributed by atoms with Gasteiger partial charge in [-0.25, -0.2) is 8.42 Å². The van der Waals surface area contributed by atoms with E-state index in [1.165, 1.54) is 33.3 Å².